The monoisotopic (exact) mass is 462 g/mol. The summed E-state index contributed by atoms with van der Waals surface area (Å²) in [7, 11) is -0.704. The van der Waals surface area contributed by atoms with Crippen LogP contribution in [-0.4, -0.2) is 71.4 Å². The first kappa shape index (κ1) is 25.5. The summed E-state index contributed by atoms with van der Waals surface area (Å²) in [5.74, 6) is -1.01. The highest BCUT2D eigenvalue weighted by Gasteiger charge is 2.52. The molecule has 2 amide bonds. The van der Waals surface area contributed by atoms with Gasteiger partial charge in [-0.15, -0.1) is 0 Å². The maximum absolute atomic E-state index is 15.1. The lowest BCUT2D eigenvalue weighted by molar-refractivity contribution is 0.00578. The fraction of sp³-hybridized carbons (Fsp3) is 0.667. The summed E-state index contributed by atoms with van der Waals surface area (Å²) in [5.41, 5.74) is -0.377. The van der Waals surface area contributed by atoms with Gasteiger partial charge in [-0.1, -0.05) is 5.56 Å². The largest absolute Gasteiger partial charge is 0.495 e. The van der Waals surface area contributed by atoms with Gasteiger partial charge in [-0.05, 0) is 79.9 Å². The molecule has 0 bridgehead atoms. The van der Waals surface area contributed by atoms with E-state index in [1.165, 1.54) is 6.07 Å². The topological polar surface area (TPSA) is 68.3 Å². The van der Waals surface area contributed by atoms with Crippen LogP contribution in [0, 0.1) is 12.7 Å². The molecule has 2 heterocycles. The maximum Gasteiger partial charge on any atom is 0.495 e. The average Bonchev–Trinajstić information content (AvgIpc) is 2.88. The Bertz CT molecular complexity index is 928. The van der Waals surface area contributed by atoms with Gasteiger partial charge in [0.2, 0.25) is 0 Å². The number of aryl methyl sites for hydroxylation is 1. The molecule has 0 aliphatic carbocycles. The lowest BCUT2D eigenvalue weighted by atomic mass is 9.75. The fourth-order valence-electron chi connectivity index (χ4n) is 3.99. The van der Waals surface area contributed by atoms with Crippen LogP contribution in [0.1, 0.15) is 71.3 Å². The molecular formula is C24H36BFN2O5. The fourth-order valence-corrected chi connectivity index (χ4v) is 3.99. The Morgan fingerprint density at radius 1 is 1.12 bits per heavy atom. The number of carbonyl (C=O) groups excluding carboxylic acids is 2. The van der Waals surface area contributed by atoms with Gasteiger partial charge in [0.15, 0.2) is 0 Å². The Balaban J connectivity index is 1.75. The maximum atomic E-state index is 15.1. The van der Waals surface area contributed by atoms with Crippen LogP contribution < -0.4 is 5.46 Å². The molecule has 33 heavy (non-hydrogen) atoms. The molecule has 2 aliphatic rings. The van der Waals surface area contributed by atoms with Gasteiger partial charge in [0, 0.05) is 25.7 Å². The van der Waals surface area contributed by atoms with Crippen molar-refractivity contribution in [1.29, 1.82) is 0 Å². The second-order valence-electron chi connectivity index (χ2n) is 11.1. The molecule has 2 fully saturated rings. The van der Waals surface area contributed by atoms with Crippen molar-refractivity contribution in [3.63, 3.8) is 0 Å². The van der Waals surface area contributed by atoms with Crippen LogP contribution in [0.2, 0.25) is 0 Å². The summed E-state index contributed by atoms with van der Waals surface area (Å²) in [6, 6.07) is 2.62. The lowest BCUT2D eigenvalue weighted by Gasteiger charge is -2.40. The molecule has 0 aromatic heterocycles. The van der Waals surface area contributed by atoms with E-state index in [2.05, 4.69) is 0 Å². The summed E-state index contributed by atoms with van der Waals surface area (Å²) < 4.78 is 32.7. The molecule has 1 unspecified atom stereocenters. The molecule has 9 heteroatoms. The number of carbonyl (C=O) groups is 2. The third kappa shape index (κ3) is 5.19. The van der Waals surface area contributed by atoms with Crippen molar-refractivity contribution in [1.82, 2.24) is 9.80 Å². The van der Waals surface area contributed by atoms with E-state index >= 15 is 4.39 Å². The van der Waals surface area contributed by atoms with Crippen LogP contribution >= 0.6 is 0 Å². The van der Waals surface area contributed by atoms with Crippen LogP contribution in [0.4, 0.5) is 9.18 Å². The highest BCUT2D eigenvalue weighted by atomic mass is 19.1. The second-order valence-corrected chi connectivity index (χ2v) is 11.1. The smallest absolute Gasteiger partial charge is 0.444 e. The minimum absolute atomic E-state index is 0.00494. The van der Waals surface area contributed by atoms with E-state index in [0.29, 0.717) is 25.1 Å². The van der Waals surface area contributed by atoms with Crippen LogP contribution in [0.5, 0.6) is 0 Å². The van der Waals surface area contributed by atoms with Gasteiger partial charge in [-0.3, -0.25) is 4.79 Å². The summed E-state index contributed by atoms with van der Waals surface area (Å²) in [4.78, 5) is 28.8. The van der Waals surface area contributed by atoms with Crippen molar-refractivity contribution in [3.8, 4) is 0 Å². The normalized spacial score (nSPS) is 22.5. The summed E-state index contributed by atoms with van der Waals surface area (Å²) in [6.45, 7) is 17.8. The number of halogens is 1. The van der Waals surface area contributed by atoms with E-state index in [4.69, 9.17) is 14.0 Å². The Morgan fingerprint density at radius 3 is 2.21 bits per heavy atom. The number of hydrogen-bond acceptors (Lipinski definition) is 5. The molecule has 0 radical (unpaired) electrons. The third-order valence-electron chi connectivity index (χ3n) is 6.63. The van der Waals surface area contributed by atoms with Crippen molar-refractivity contribution >= 4 is 24.6 Å². The van der Waals surface area contributed by atoms with E-state index < -0.39 is 41.7 Å². The number of nitrogens with zero attached hydrogens (tertiary/aromatic N) is 2. The van der Waals surface area contributed by atoms with Crippen molar-refractivity contribution in [3.05, 3.63) is 29.1 Å². The predicted molar refractivity (Wildman–Crippen MR) is 125 cm³/mol. The van der Waals surface area contributed by atoms with Crippen molar-refractivity contribution in [2.45, 2.75) is 85.2 Å². The SMILES string of the molecule is Cc1cc(C(=O)N2CCN(C(=O)OC(C)(C)C)CC2C)c(F)cc1B1OC(C)(C)C(C)(C)O1. The van der Waals surface area contributed by atoms with Crippen molar-refractivity contribution < 1.29 is 28.0 Å². The molecule has 3 rings (SSSR count). The molecule has 0 N–H and O–H groups in total. The summed E-state index contributed by atoms with van der Waals surface area (Å²) >= 11 is 0. The second kappa shape index (κ2) is 8.58. The number of benzene rings is 1. The number of ether oxygens (including phenoxy) is 1. The first-order valence-corrected chi connectivity index (χ1v) is 11.5. The van der Waals surface area contributed by atoms with Gasteiger partial charge in [-0.2, -0.15) is 0 Å². The van der Waals surface area contributed by atoms with Gasteiger partial charge >= 0.3 is 13.2 Å². The minimum atomic E-state index is -0.704. The Kier molecular flexibility index (Phi) is 6.63. The van der Waals surface area contributed by atoms with Crippen LogP contribution in [0.15, 0.2) is 12.1 Å². The zero-order valence-electron chi connectivity index (χ0n) is 21.2. The van der Waals surface area contributed by atoms with Gasteiger partial charge in [0.1, 0.15) is 11.4 Å². The Hall–Kier alpha value is -2.13. The van der Waals surface area contributed by atoms with Crippen LogP contribution in [0.25, 0.3) is 0 Å². The third-order valence-corrected chi connectivity index (χ3v) is 6.63. The van der Waals surface area contributed by atoms with E-state index in [9.17, 15) is 9.59 Å². The van der Waals surface area contributed by atoms with Gasteiger partial charge in [0.25, 0.3) is 5.91 Å². The average molecular weight is 462 g/mol. The lowest BCUT2D eigenvalue weighted by Crippen LogP contribution is -2.56. The number of piperazine rings is 1. The van der Waals surface area contributed by atoms with Gasteiger partial charge < -0.3 is 23.8 Å². The Labute approximate surface area is 196 Å². The molecule has 182 valence electrons. The first-order chi connectivity index (χ1) is 15.0. The molecule has 1 atom stereocenters. The molecule has 2 aliphatic heterocycles. The van der Waals surface area contributed by atoms with Crippen molar-refractivity contribution in [2.75, 3.05) is 19.6 Å². The Morgan fingerprint density at radius 2 is 1.70 bits per heavy atom. The molecule has 0 saturated carbocycles. The van der Waals surface area contributed by atoms with Crippen LogP contribution in [0.3, 0.4) is 0 Å². The standard InChI is InChI=1S/C24H36BFN2O5/c1-15-12-17(19(26)13-18(15)25-32-23(6,7)24(8,9)33-25)20(29)28-11-10-27(14-16(28)2)21(30)31-22(3,4)5/h12-13,16H,10-11,14H2,1-9H3. The molecule has 0 spiro atoms. The minimum Gasteiger partial charge on any atom is -0.444 e. The molecule has 7 nitrogen and oxygen atoms in total. The van der Waals surface area contributed by atoms with Gasteiger partial charge in [-0.25, -0.2) is 9.18 Å². The van der Waals surface area contributed by atoms with E-state index in [0.717, 1.165) is 5.56 Å². The van der Waals surface area contributed by atoms with E-state index in [1.54, 1.807) is 15.9 Å². The summed E-state index contributed by atoms with van der Waals surface area (Å²) in [6.07, 6.45) is -0.407. The first-order valence-electron chi connectivity index (χ1n) is 11.5. The van der Waals surface area contributed by atoms with Crippen LogP contribution in [-0.2, 0) is 14.0 Å². The zero-order chi connectivity index (χ0) is 24.9. The molecule has 2 saturated heterocycles. The van der Waals surface area contributed by atoms with Gasteiger partial charge in [0.05, 0.1) is 16.8 Å². The molecular weight excluding hydrogens is 426 g/mol. The molecule has 1 aromatic carbocycles. The number of hydrogen-bond donors (Lipinski definition) is 0. The number of amides is 2. The summed E-state index contributed by atoms with van der Waals surface area (Å²) in [5, 5.41) is 0. The predicted octanol–water partition coefficient (Wildman–Crippen LogP) is 3.51. The molecule has 1 aromatic rings. The number of rotatable bonds is 2. The quantitative estimate of drug-likeness (QED) is 0.630. The highest BCUT2D eigenvalue weighted by Crippen LogP contribution is 2.36. The zero-order valence-corrected chi connectivity index (χ0v) is 21.2. The highest BCUT2D eigenvalue weighted by molar-refractivity contribution is 6.62. The van der Waals surface area contributed by atoms with E-state index in [1.807, 2.05) is 62.3 Å². The van der Waals surface area contributed by atoms with E-state index in [-0.39, 0.29) is 11.6 Å². The van der Waals surface area contributed by atoms with Crippen molar-refractivity contribution in [2.24, 2.45) is 0 Å².